The van der Waals surface area contributed by atoms with Crippen LogP contribution in [-0.4, -0.2) is 23.8 Å². The van der Waals surface area contributed by atoms with Gasteiger partial charge in [0.25, 0.3) is 0 Å². The number of nitrogens with one attached hydrogen (secondary N) is 1. The van der Waals surface area contributed by atoms with Crippen LogP contribution in [0.25, 0.3) is 0 Å². The Balaban J connectivity index is 2.11. The van der Waals surface area contributed by atoms with Crippen LogP contribution >= 0.6 is 0 Å². The highest BCUT2D eigenvalue weighted by atomic mass is 16.5. The molecule has 5 nitrogen and oxygen atoms in total. The highest BCUT2D eigenvalue weighted by Crippen LogP contribution is 2.26. The van der Waals surface area contributed by atoms with Gasteiger partial charge in [0.15, 0.2) is 0 Å². The first-order valence-corrected chi connectivity index (χ1v) is 5.82. The molecule has 1 fully saturated rings. The molecule has 1 N–H and O–H groups in total. The van der Waals surface area contributed by atoms with Crippen LogP contribution in [-0.2, 0) is 4.74 Å². The van der Waals surface area contributed by atoms with E-state index < -0.39 is 0 Å². The Bertz CT molecular complexity index is 332. The Labute approximate surface area is 95.6 Å². The number of rotatable bonds is 4. The Hall–Kier alpha value is -0.940. The molecule has 2 rings (SSSR count). The zero-order valence-electron chi connectivity index (χ0n) is 10.1. The number of methoxy groups -OCH3 is 1. The van der Waals surface area contributed by atoms with Gasteiger partial charge in [-0.25, -0.2) is 0 Å². The standard InChI is InChI=1S/C11H19N3O2/c1-7(2)9(15-3)10-13-11(16-14-10)8-5-4-6-12-8/h7-9,12H,4-6H2,1-3H3/t8-,9?/m0/s1. The first-order chi connectivity index (χ1) is 7.72. The van der Waals surface area contributed by atoms with E-state index in [-0.39, 0.29) is 12.1 Å². The number of nitrogens with zero attached hydrogens (tertiary/aromatic N) is 2. The van der Waals surface area contributed by atoms with Crippen molar-refractivity contribution < 1.29 is 9.26 Å². The van der Waals surface area contributed by atoms with E-state index in [2.05, 4.69) is 29.3 Å². The van der Waals surface area contributed by atoms with Crippen LogP contribution in [0.4, 0.5) is 0 Å². The predicted molar refractivity (Wildman–Crippen MR) is 58.9 cm³/mol. The summed E-state index contributed by atoms with van der Waals surface area (Å²) in [5.74, 6) is 1.68. The second-order valence-corrected chi connectivity index (χ2v) is 4.54. The third kappa shape index (κ3) is 2.25. The van der Waals surface area contributed by atoms with E-state index in [1.54, 1.807) is 7.11 Å². The van der Waals surface area contributed by atoms with Crippen molar-refractivity contribution in [2.75, 3.05) is 13.7 Å². The molecule has 0 bridgehead atoms. The van der Waals surface area contributed by atoms with E-state index in [0.29, 0.717) is 17.6 Å². The highest BCUT2D eigenvalue weighted by molar-refractivity contribution is 4.98. The fourth-order valence-electron chi connectivity index (χ4n) is 2.08. The molecule has 16 heavy (non-hydrogen) atoms. The van der Waals surface area contributed by atoms with Gasteiger partial charge in [-0.1, -0.05) is 19.0 Å². The lowest BCUT2D eigenvalue weighted by Gasteiger charge is -2.14. The highest BCUT2D eigenvalue weighted by Gasteiger charge is 2.26. The summed E-state index contributed by atoms with van der Waals surface area (Å²) in [6, 6.07) is 0.228. The van der Waals surface area contributed by atoms with E-state index in [1.807, 2.05) is 0 Å². The lowest BCUT2D eigenvalue weighted by atomic mass is 10.1. The van der Waals surface area contributed by atoms with Crippen LogP contribution in [0.15, 0.2) is 4.52 Å². The topological polar surface area (TPSA) is 60.2 Å². The second-order valence-electron chi connectivity index (χ2n) is 4.54. The lowest BCUT2D eigenvalue weighted by Crippen LogP contribution is -2.14. The van der Waals surface area contributed by atoms with Crippen LogP contribution in [0, 0.1) is 5.92 Å². The molecule has 2 atom stereocenters. The van der Waals surface area contributed by atoms with Crippen molar-refractivity contribution in [3.63, 3.8) is 0 Å². The average molecular weight is 225 g/mol. The zero-order chi connectivity index (χ0) is 11.5. The van der Waals surface area contributed by atoms with Crippen molar-refractivity contribution >= 4 is 0 Å². The number of hydrogen-bond donors (Lipinski definition) is 1. The van der Waals surface area contributed by atoms with Gasteiger partial charge in [-0.2, -0.15) is 4.98 Å². The maximum absolute atomic E-state index is 5.37. The molecule has 0 aromatic carbocycles. The molecule has 1 aliphatic heterocycles. The Morgan fingerprint density at radius 3 is 2.88 bits per heavy atom. The summed E-state index contributed by atoms with van der Waals surface area (Å²) in [6.07, 6.45) is 2.15. The minimum absolute atomic E-state index is 0.0843. The van der Waals surface area contributed by atoms with Crippen molar-refractivity contribution in [2.24, 2.45) is 5.92 Å². The molecule has 1 unspecified atom stereocenters. The van der Waals surface area contributed by atoms with E-state index in [1.165, 1.54) is 6.42 Å². The molecule has 0 spiro atoms. The average Bonchev–Trinajstić information content (AvgIpc) is 2.86. The zero-order valence-corrected chi connectivity index (χ0v) is 10.1. The molecule has 0 aliphatic carbocycles. The van der Waals surface area contributed by atoms with Gasteiger partial charge in [-0.05, 0) is 25.3 Å². The van der Waals surface area contributed by atoms with E-state index in [9.17, 15) is 0 Å². The minimum Gasteiger partial charge on any atom is -0.373 e. The fraction of sp³-hybridized carbons (Fsp3) is 0.818. The number of ether oxygens (including phenoxy) is 1. The van der Waals surface area contributed by atoms with Crippen molar-refractivity contribution in [1.82, 2.24) is 15.5 Å². The van der Waals surface area contributed by atoms with Gasteiger partial charge in [0.05, 0.1) is 6.04 Å². The molecule has 1 saturated heterocycles. The SMILES string of the molecule is COC(c1noc([C@@H]2CCCN2)n1)C(C)C. The molecule has 1 aromatic rings. The van der Waals surface area contributed by atoms with E-state index in [4.69, 9.17) is 9.26 Å². The molecule has 90 valence electrons. The predicted octanol–water partition coefficient (Wildman–Crippen LogP) is 1.84. The Morgan fingerprint density at radius 1 is 1.50 bits per heavy atom. The molecular weight excluding hydrogens is 206 g/mol. The van der Waals surface area contributed by atoms with Crippen molar-refractivity contribution in [3.8, 4) is 0 Å². The quantitative estimate of drug-likeness (QED) is 0.847. The molecule has 1 aromatic heterocycles. The summed E-state index contributed by atoms with van der Waals surface area (Å²) in [5, 5.41) is 7.34. The smallest absolute Gasteiger partial charge is 0.243 e. The maximum Gasteiger partial charge on any atom is 0.243 e. The van der Waals surface area contributed by atoms with Gasteiger partial charge in [-0.3, -0.25) is 0 Å². The van der Waals surface area contributed by atoms with Crippen LogP contribution in [0.1, 0.15) is 50.6 Å². The third-order valence-corrected chi connectivity index (χ3v) is 2.93. The molecule has 1 aliphatic rings. The Kier molecular flexibility index (Phi) is 3.56. The van der Waals surface area contributed by atoms with Crippen LogP contribution < -0.4 is 5.32 Å². The van der Waals surface area contributed by atoms with Crippen LogP contribution in [0.2, 0.25) is 0 Å². The largest absolute Gasteiger partial charge is 0.373 e. The number of hydrogen-bond acceptors (Lipinski definition) is 5. The van der Waals surface area contributed by atoms with Gasteiger partial charge in [-0.15, -0.1) is 0 Å². The molecule has 0 saturated carbocycles. The molecule has 5 heteroatoms. The minimum atomic E-state index is -0.0843. The Morgan fingerprint density at radius 2 is 2.31 bits per heavy atom. The molecule has 0 radical (unpaired) electrons. The van der Waals surface area contributed by atoms with Gasteiger partial charge < -0.3 is 14.6 Å². The number of aromatic nitrogens is 2. The first kappa shape index (κ1) is 11.5. The van der Waals surface area contributed by atoms with Crippen LogP contribution in [0.3, 0.4) is 0 Å². The van der Waals surface area contributed by atoms with Crippen LogP contribution in [0.5, 0.6) is 0 Å². The van der Waals surface area contributed by atoms with Gasteiger partial charge in [0.2, 0.25) is 11.7 Å². The van der Waals surface area contributed by atoms with Gasteiger partial charge in [0.1, 0.15) is 6.10 Å². The summed E-state index contributed by atoms with van der Waals surface area (Å²) in [6.45, 7) is 5.19. The second kappa shape index (κ2) is 4.93. The fourth-order valence-corrected chi connectivity index (χ4v) is 2.08. The lowest BCUT2D eigenvalue weighted by molar-refractivity contribution is 0.0555. The van der Waals surface area contributed by atoms with Gasteiger partial charge >= 0.3 is 0 Å². The maximum atomic E-state index is 5.37. The summed E-state index contributed by atoms with van der Waals surface area (Å²) < 4.78 is 10.6. The summed E-state index contributed by atoms with van der Waals surface area (Å²) in [7, 11) is 1.68. The molecule has 2 heterocycles. The summed E-state index contributed by atoms with van der Waals surface area (Å²) >= 11 is 0. The normalized spacial score (nSPS) is 22.9. The molecule has 0 amide bonds. The first-order valence-electron chi connectivity index (χ1n) is 5.82. The third-order valence-electron chi connectivity index (χ3n) is 2.93. The van der Waals surface area contributed by atoms with Crippen molar-refractivity contribution in [1.29, 1.82) is 0 Å². The van der Waals surface area contributed by atoms with Crippen molar-refractivity contribution in [2.45, 2.75) is 38.8 Å². The summed E-state index contributed by atoms with van der Waals surface area (Å²) in [5.41, 5.74) is 0. The monoisotopic (exact) mass is 225 g/mol. The summed E-state index contributed by atoms with van der Waals surface area (Å²) in [4.78, 5) is 4.42. The molecular formula is C11H19N3O2. The van der Waals surface area contributed by atoms with Gasteiger partial charge in [0, 0.05) is 7.11 Å². The van der Waals surface area contributed by atoms with Crippen molar-refractivity contribution in [3.05, 3.63) is 11.7 Å². The van der Waals surface area contributed by atoms with E-state index in [0.717, 1.165) is 13.0 Å². The van der Waals surface area contributed by atoms with E-state index >= 15 is 0 Å².